The van der Waals surface area contributed by atoms with Crippen LogP contribution in [0.1, 0.15) is 12.5 Å². The standard InChI is InChI=1S/C9H14NO6PS/c1-3-10(16-17(11,12)13)18(14,15)9-6-4-8(2)5-7-9/h4-7H,3H2,1-2H3,(H2,11,12,13). The maximum atomic E-state index is 12.0. The highest BCUT2D eigenvalue weighted by molar-refractivity contribution is 7.89. The van der Waals surface area contributed by atoms with Gasteiger partial charge in [-0.15, -0.1) is 0 Å². The van der Waals surface area contributed by atoms with Gasteiger partial charge in [0.05, 0.1) is 4.90 Å². The van der Waals surface area contributed by atoms with Gasteiger partial charge >= 0.3 is 7.82 Å². The predicted molar refractivity (Wildman–Crippen MR) is 63.9 cm³/mol. The summed E-state index contributed by atoms with van der Waals surface area (Å²) in [5.74, 6) is 0. The third-order valence-electron chi connectivity index (χ3n) is 2.04. The lowest BCUT2D eigenvalue weighted by molar-refractivity contribution is 0.00581. The van der Waals surface area contributed by atoms with E-state index < -0.39 is 17.8 Å². The minimum absolute atomic E-state index is 0.0941. The van der Waals surface area contributed by atoms with Crippen LogP contribution in [0.15, 0.2) is 29.2 Å². The molecule has 1 rings (SSSR count). The molecule has 0 saturated carbocycles. The average Bonchev–Trinajstić information content (AvgIpc) is 2.25. The molecule has 102 valence electrons. The van der Waals surface area contributed by atoms with E-state index >= 15 is 0 Å². The molecule has 9 heteroatoms. The number of rotatable bonds is 5. The molecule has 0 aromatic heterocycles. The number of hydrogen-bond donors (Lipinski definition) is 2. The molecule has 18 heavy (non-hydrogen) atoms. The van der Waals surface area contributed by atoms with Crippen LogP contribution in [0.25, 0.3) is 0 Å². The normalized spacial score (nSPS) is 12.9. The van der Waals surface area contributed by atoms with E-state index in [1.165, 1.54) is 19.1 Å². The molecule has 0 aliphatic carbocycles. The maximum absolute atomic E-state index is 12.0. The van der Waals surface area contributed by atoms with E-state index in [9.17, 15) is 13.0 Å². The van der Waals surface area contributed by atoms with E-state index in [4.69, 9.17) is 9.79 Å². The van der Waals surface area contributed by atoms with Crippen molar-refractivity contribution in [3.8, 4) is 0 Å². The molecular weight excluding hydrogens is 281 g/mol. The Labute approximate surface area is 105 Å². The Hall–Kier alpha value is -0.760. The summed E-state index contributed by atoms with van der Waals surface area (Å²) in [6, 6.07) is 5.85. The van der Waals surface area contributed by atoms with Crippen LogP contribution < -0.4 is 0 Å². The van der Waals surface area contributed by atoms with Gasteiger partial charge in [-0.1, -0.05) is 22.2 Å². The molecule has 0 amide bonds. The molecule has 0 radical (unpaired) electrons. The fourth-order valence-corrected chi connectivity index (χ4v) is 3.24. The highest BCUT2D eigenvalue weighted by Gasteiger charge is 2.30. The van der Waals surface area contributed by atoms with Gasteiger partial charge in [-0.2, -0.15) is 4.62 Å². The van der Waals surface area contributed by atoms with Crippen molar-refractivity contribution in [1.29, 1.82) is 0 Å². The van der Waals surface area contributed by atoms with Gasteiger partial charge in [0.15, 0.2) is 0 Å². The highest BCUT2D eigenvalue weighted by Crippen LogP contribution is 2.38. The molecule has 0 heterocycles. The Bertz CT molecular complexity index is 549. The molecule has 1 aromatic carbocycles. The number of aryl methyl sites for hydroxylation is 1. The number of benzene rings is 1. The van der Waals surface area contributed by atoms with Crippen LogP contribution in [0.3, 0.4) is 0 Å². The second-order valence-electron chi connectivity index (χ2n) is 3.51. The summed E-state index contributed by atoms with van der Waals surface area (Å²) in [5, 5.41) is 0. The van der Waals surface area contributed by atoms with Crippen LogP contribution in [0.5, 0.6) is 0 Å². The molecule has 2 N–H and O–H groups in total. The van der Waals surface area contributed by atoms with E-state index in [-0.39, 0.29) is 15.9 Å². The topological polar surface area (TPSA) is 104 Å². The predicted octanol–water partition coefficient (Wildman–Crippen LogP) is 1.03. The summed E-state index contributed by atoms with van der Waals surface area (Å²) >= 11 is 0. The first kappa shape index (κ1) is 15.3. The van der Waals surface area contributed by atoms with Crippen molar-refractivity contribution in [1.82, 2.24) is 4.47 Å². The quantitative estimate of drug-likeness (QED) is 0.621. The zero-order chi connectivity index (χ0) is 14.0. The average molecular weight is 295 g/mol. The molecule has 0 aliphatic rings. The lowest BCUT2D eigenvalue weighted by Crippen LogP contribution is -2.30. The third kappa shape index (κ3) is 3.88. The lowest BCUT2D eigenvalue weighted by atomic mass is 10.2. The van der Waals surface area contributed by atoms with Gasteiger partial charge < -0.3 is 9.79 Å². The second kappa shape index (κ2) is 5.48. The zero-order valence-corrected chi connectivity index (χ0v) is 11.6. The zero-order valence-electron chi connectivity index (χ0n) is 9.85. The van der Waals surface area contributed by atoms with Gasteiger partial charge in [0.25, 0.3) is 10.0 Å². The van der Waals surface area contributed by atoms with Crippen LogP contribution in [-0.4, -0.2) is 29.2 Å². The summed E-state index contributed by atoms with van der Waals surface area (Å²) in [5.41, 5.74) is 0.868. The van der Waals surface area contributed by atoms with Gasteiger partial charge in [-0.3, -0.25) is 0 Å². The SMILES string of the molecule is CCN(OP(=O)(O)O)S(=O)(=O)c1ccc(C)cc1. The van der Waals surface area contributed by atoms with Crippen molar-refractivity contribution in [3.63, 3.8) is 0 Å². The number of hydroxylamine groups is 1. The molecule has 0 fully saturated rings. The van der Waals surface area contributed by atoms with Crippen LogP contribution in [0.4, 0.5) is 0 Å². The fraction of sp³-hybridized carbons (Fsp3) is 0.333. The molecule has 0 bridgehead atoms. The molecule has 0 unspecified atom stereocenters. The van der Waals surface area contributed by atoms with E-state index in [1.807, 2.05) is 0 Å². The fourth-order valence-electron chi connectivity index (χ4n) is 1.22. The minimum atomic E-state index is -4.92. The second-order valence-corrected chi connectivity index (χ2v) is 6.48. The summed E-state index contributed by atoms with van der Waals surface area (Å²) in [4.78, 5) is 17.2. The monoisotopic (exact) mass is 295 g/mol. The maximum Gasteiger partial charge on any atom is 0.487 e. The van der Waals surface area contributed by atoms with Gasteiger partial charge in [-0.25, -0.2) is 13.0 Å². The molecule has 0 aliphatic heterocycles. The first-order valence-corrected chi connectivity index (χ1v) is 7.98. The van der Waals surface area contributed by atoms with E-state index in [2.05, 4.69) is 4.62 Å². The Morgan fingerprint density at radius 1 is 1.28 bits per heavy atom. The Balaban J connectivity index is 3.11. The molecule has 0 saturated heterocycles. The molecule has 1 aromatic rings. The smallest absolute Gasteiger partial charge is 0.302 e. The summed E-state index contributed by atoms with van der Waals surface area (Å²) in [6.45, 7) is 2.98. The van der Waals surface area contributed by atoms with E-state index in [0.717, 1.165) is 5.56 Å². The molecular formula is C9H14NO6PS. The molecule has 7 nitrogen and oxygen atoms in total. The van der Waals surface area contributed by atoms with Gasteiger partial charge in [-0.05, 0) is 26.0 Å². The Morgan fingerprint density at radius 3 is 2.17 bits per heavy atom. The van der Waals surface area contributed by atoms with Crippen LogP contribution >= 0.6 is 7.82 Å². The summed E-state index contributed by atoms with van der Waals surface area (Å²) in [6.07, 6.45) is 0. The van der Waals surface area contributed by atoms with Crippen molar-refractivity contribution in [2.24, 2.45) is 0 Å². The highest BCUT2D eigenvalue weighted by atomic mass is 32.2. The van der Waals surface area contributed by atoms with Crippen LogP contribution in [-0.2, 0) is 19.2 Å². The van der Waals surface area contributed by atoms with Gasteiger partial charge in [0.2, 0.25) is 0 Å². The lowest BCUT2D eigenvalue weighted by Gasteiger charge is -2.19. The van der Waals surface area contributed by atoms with Crippen LogP contribution in [0.2, 0.25) is 0 Å². The van der Waals surface area contributed by atoms with Crippen molar-refractivity contribution >= 4 is 17.8 Å². The number of hydrogen-bond acceptors (Lipinski definition) is 4. The molecule has 0 atom stereocenters. The largest absolute Gasteiger partial charge is 0.487 e. The van der Waals surface area contributed by atoms with Gasteiger partial charge in [0.1, 0.15) is 0 Å². The van der Waals surface area contributed by atoms with Crippen LogP contribution in [0, 0.1) is 6.92 Å². The minimum Gasteiger partial charge on any atom is -0.302 e. The Kier molecular flexibility index (Phi) is 4.66. The summed E-state index contributed by atoms with van der Waals surface area (Å²) < 4.78 is 39.1. The Morgan fingerprint density at radius 2 is 1.78 bits per heavy atom. The van der Waals surface area contributed by atoms with Crippen molar-refractivity contribution in [3.05, 3.63) is 29.8 Å². The molecule has 0 spiro atoms. The van der Waals surface area contributed by atoms with Crippen molar-refractivity contribution < 1.29 is 27.4 Å². The van der Waals surface area contributed by atoms with Gasteiger partial charge in [0, 0.05) is 6.54 Å². The number of nitrogens with zero attached hydrogens (tertiary/aromatic N) is 1. The van der Waals surface area contributed by atoms with E-state index in [0.29, 0.717) is 0 Å². The third-order valence-corrected chi connectivity index (χ3v) is 4.30. The number of phosphoric acid groups is 1. The number of sulfonamides is 1. The first-order valence-electron chi connectivity index (χ1n) is 5.01. The van der Waals surface area contributed by atoms with Crippen molar-refractivity contribution in [2.75, 3.05) is 6.54 Å². The summed E-state index contributed by atoms with van der Waals surface area (Å²) in [7, 11) is -9.00. The first-order chi connectivity index (χ1) is 8.16. The van der Waals surface area contributed by atoms with Crippen molar-refractivity contribution in [2.45, 2.75) is 18.7 Å². The van der Waals surface area contributed by atoms with E-state index in [1.54, 1.807) is 19.1 Å².